The molecule has 1 aliphatic heterocycles. The van der Waals surface area contributed by atoms with E-state index in [1.165, 1.54) is 4.90 Å². The molecule has 2 aromatic rings. The van der Waals surface area contributed by atoms with Gasteiger partial charge in [0.1, 0.15) is 0 Å². The molecule has 1 unspecified atom stereocenters. The van der Waals surface area contributed by atoms with Crippen molar-refractivity contribution in [1.29, 1.82) is 0 Å². The summed E-state index contributed by atoms with van der Waals surface area (Å²) in [7, 11) is 0. The van der Waals surface area contributed by atoms with Crippen LogP contribution in [-0.4, -0.2) is 41.5 Å². The van der Waals surface area contributed by atoms with Gasteiger partial charge in [-0.05, 0) is 37.1 Å². The molecule has 0 saturated carbocycles. The topological polar surface area (TPSA) is 69.6 Å². The number of nitrogens with one attached hydrogen (secondary N) is 1. The van der Waals surface area contributed by atoms with E-state index in [0.717, 1.165) is 5.56 Å². The minimum Gasteiger partial charge on any atom is -0.396 e. The normalized spacial score (nSPS) is 14.7. The van der Waals surface area contributed by atoms with Gasteiger partial charge in [-0.25, -0.2) is 0 Å². The van der Waals surface area contributed by atoms with E-state index in [1.54, 1.807) is 24.3 Å². The fourth-order valence-corrected chi connectivity index (χ4v) is 3.16. The maximum absolute atomic E-state index is 12.3. The van der Waals surface area contributed by atoms with Crippen LogP contribution in [0.4, 0.5) is 0 Å². The molecule has 0 bridgehead atoms. The van der Waals surface area contributed by atoms with Crippen LogP contribution in [0.1, 0.15) is 45.2 Å². The summed E-state index contributed by atoms with van der Waals surface area (Å²) in [5.41, 5.74) is 2.10. The molecule has 0 fully saturated rings. The van der Waals surface area contributed by atoms with Crippen molar-refractivity contribution in [3.8, 4) is 0 Å². The molecule has 1 aliphatic rings. The maximum Gasteiger partial charge on any atom is 0.261 e. The van der Waals surface area contributed by atoms with Gasteiger partial charge in [-0.2, -0.15) is 0 Å². The number of aliphatic hydroxyl groups is 1. The molecular weight excluding hydrogens is 316 g/mol. The van der Waals surface area contributed by atoms with Crippen LogP contribution in [0.5, 0.6) is 0 Å². The minimum absolute atomic E-state index is 0.0633. The average Bonchev–Trinajstić information content (AvgIpc) is 2.90. The van der Waals surface area contributed by atoms with Crippen LogP contribution >= 0.6 is 0 Å². The molecule has 0 aliphatic carbocycles. The van der Waals surface area contributed by atoms with E-state index in [0.29, 0.717) is 37.1 Å². The van der Waals surface area contributed by atoms with Gasteiger partial charge in [0.2, 0.25) is 0 Å². The van der Waals surface area contributed by atoms with Gasteiger partial charge < -0.3 is 10.4 Å². The number of rotatable bonds is 8. The Hall–Kier alpha value is -2.50. The van der Waals surface area contributed by atoms with Crippen molar-refractivity contribution in [2.45, 2.75) is 18.9 Å². The highest BCUT2D eigenvalue weighted by molar-refractivity contribution is 6.21. The maximum atomic E-state index is 12.3. The molecule has 5 heteroatoms. The monoisotopic (exact) mass is 338 g/mol. The Morgan fingerprint density at radius 3 is 2.12 bits per heavy atom. The van der Waals surface area contributed by atoms with Gasteiger partial charge in [-0.15, -0.1) is 0 Å². The van der Waals surface area contributed by atoms with E-state index < -0.39 is 0 Å². The smallest absolute Gasteiger partial charge is 0.261 e. The first-order chi connectivity index (χ1) is 12.2. The average molecular weight is 338 g/mol. The van der Waals surface area contributed by atoms with Crippen LogP contribution in [0.25, 0.3) is 0 Å². The predicted octanol–water partition coefficient (Wildman–Crippen LogP) is 2.39. The Kier molecular flexibility index (Phi) is 5.58. The van der Waals surface area contributed by atoms with E-state index in [-0.39, 0.29) is 24.5 Å². The zero-order valence-corrected chi connectivity index (χ0v) is 14.0. The number of imide groups is 1. The molecule has 3 rings (SSSR count). The number of amides is 2. The lowest BCUT2D eigenvalue weighted by atomic mass is 10.0. The van der Waals surface area contributed by atoms with Gasteiger partial charge in [0.25, 0.3) is 11.8 Å². The number of carbonyl (C=O) groups is 2. The molecular formula is C20H22N2O3. The quantitative estimate of drug-likeness (QED) is 0.573. The van der Waals surface area contributed by atoms with Crippen LogP contribution in [0.2, 0.25) is 0 Å². The Morgan fingerprint density at radius 2 is 1.52 bits per heavy atom. The van der Waals surface area contributed by atoms with Crippen molar-refractivity contribution in [3.05, 3.63) is 71.3 Å². The molecule has 0 radical (unpaired) electrons. The first-order valence-corrected chi connectivity index (χ1v) is 8.57. The Balaban J connectivity index is 1.53. The molecule has 0 aromatic heterocycles. The lowest BCUT2D eigenvalue weighted by Crippen LogP contribution is -2.33. The SMILES string of the molecule is O=C1c2ccccc2C(=O)N1CCCNC(CCO)c1ccccc1. The number of hydrogen-bond acceptors (Lipinski definition) is 4. The zero-order chi connectivity index (χ0) is 17.6. The van der Waals surface area contributed by atoms with E-state index in [4.69, 9.17) is 0 Å². The predicted molar refractivity (Wildman–Crippen MR) is 95.3 cm³/mol. The fourth-order valence-electron chi connectivity index (χ4n) is 3.16. The van der Waals surface area contributed by atoms with Crippen LogP contribution in [-0.2, 0) is 0 Å². The lowest BCUT2D eigenvalue weighted by Gasteiger charge is -2.19. The summed E-state index contributed by atoms with van der Waals surface area (Å²) in [4.78, 5) is 25.9. The van der Waals surface area contributed by atoms with Crippen molar-refractivity contribution < 1.29 is 14.7 Å². The third-order valence-electron chi connectivity index (χ3n) is 4.45. The lowest BCUT2D eigenvalue weighted by molar-refractivity contribution is 0.0652. The summed E-state index contributed by atoms with van der Waals surface area (Å²) in [5, 5.41) is 12.7. The largest absolute Gasteiger partial charge is 0.396 e. The van der Waals surface area contributed by atoms with Gasteiger partial charge in [-0.3, -0.25) is 14.5 Å². The van der Waals surface area contributed by atoms with Gasteiger partial charge in [-0.1, -0.05) is 42.5 Å². The summed E-state index contributed by atoms with van der Waals surface area (Å²) in [6.07, 6.45) is 1.29. The summed E-state index contributed by atoms with van der Waals surface area (Å²) >= 11 is 0. The van der Waals surface area contributed by atoms with Crippen LogP contribution < -0.4 is 5.32 Å². The van der Waals surface area contributed by atoms with Crippen LogP contribution in [0.3, 0.4) is 0 Å². The fraction of sp³-hybridized carbons (Fsp3) is 0.300. The van der Waals surface area contributed by atoms with E-state index >= 15 is 0 Å². The second-order valence-electron chi connectivity index (χ2n) is 6.09. The molecule has 25 heavy (non-hydrogen) atoms. The van der Waals surface area contributed by atoms with Crippen molar-refractivity contribution >= 4 is 11.8 Å². The van der Waals surface area contributed by atoms with Crippen molar-refractivity contribution in [2.75, 3.05) is 19.7 Å². The third-order valence-corrected chi connectivity index (χ3v) is 4.45. The third kappa shape index (κ3) is 3.78. The number of benzene rings is 2. The van der Waals surface area contributed by atoms with Crippen LogP contribution in [0, 0.1) is 0 Å². The summed E-state index contributed by atoms with van der Waals surface area (Å²) in [6.45, 7) is 1.15. The second-order valence-corrected chi connectivity index (χ2v) is 6.09. The highest BCUT2D eigenvalue weighted by atomic mass is 16.3. The molecule has 2 amide bonds. The molecule has 130 valence electrons. The Bertz CT molecular complexity index is 711. The first-order valence-electron chi connectivity index (χ1n) is 8.57. The van der Waals surface area contributed by atoms with Crippen molar-refractivity contribution in [3.63, 3.8) is 0 Å². The Morgan fingerprint density at radius 1 is 0.920 bits per heavy atom. The number of carbonyl (C=O) groups excluding carboxylic acids is 2. The highest BCUT2D eigenvalue weighted by Crippen LogP contribution is 2.22. The Labute approximate surface area is 147 Å². The summed E-state index contributed by atoms with van der Waals surface area (Å²) < 4.78 is 0. The number of hydrogen-bond donors (Lipinski definition) is 2. The second kappa shape index (κ2) is 8.05. The van der Waals surface area contributed by atoms with E-state index in [2.05, 4.69) is 5.32 Å². The highest BCUT2D eigenvalue weighted by Gasteiger charge is 2.34. The zero-order valence-electron chi connectivity index (χ0n) is 14.0. The van der Waals surface area contributed by atoms with Gasteiger partial charge in [0.05, 0.1) is 11.1 Å². The molecule has 2 aromatic carbocycles. The van der Waals surface area contributed by atoms with Gasteiger partial charge in [0, 0.05) is 19.2 Å². The van der Waals surface area contributed by atoms with Gasteiger partial charge in [0.15, 0.2) is 0 Å². The molecule has 1 heterocycles. The summed E-state index contributed by atoms with van der Waals surface area (Å²) in [6, 6.07) is 17.0. The molecule has 1 atom stereocenters. The van der Waals surface area contributed by atoms with Crippen LogP contribution in [0.15, 0.2) is 54.6 Å². The number of aliphatic hydroxyl groups excluding tert-OH is 1. The number of nitrogens with zero attached hydrogens (tertiary/aromatic N) is 1. The minimum atomic E-state index is -0.212. The molecule has 0 spiro atoms. The molecule has 5 nitrogen and oxygen atoms in total. The summed E-state index contributed by atoms with van der Waals surface area (Å²) in [5.74, 6) is -0.425. The molecule has 2 N–H and O–H groups in total. The van der Waals surface area contributed by atoms with Gasteiger partial charge >= 0.3 is 0 Å². The van der Waals surface area contributed by atoms with Crippen molar-refractivity contribution in [1.82, 2.24) is 10.2 Å². The molecule has 0 saturated heterocycles. The van der Waals surface area contributed by atoms with E-state index in [9.17, 15) is 14.7 Å². The standard InChI is InChI=1S/C20H22N2O3/c23-14-11-18(15-7-2-1-3-8-15)21-12-6-13-22-19(24)16-9-4-5-10-17(16)20(22)25/h1-5,7-10,18,21,23H,6,11-14H2. The van der Waals surface area contributed by atoms with E-state index in [1.807, 2.05) is 30.3 Å². The van der Waals surface area contributed by atoms with Crippen molar-refractivity contribution in [2.24, 2.45) is 0 Å². The first kappa shape index (κ1) is 17.3. The number of fused-ring (bicyclic) bond motifs is 1.